The van der Waals surface area contributed by atoms with Gasteiger partial charge in [0, 0.05) is 0 Å². The molecule has 18 heavy (non-hydrogen) atoms. The van der Waals surface area contributed by atoms with Crippen molar-refractivity contribution < 1.29 is 14.9 Å². The van der Waals surface area contributed by atoms with Crippen molar-refractivity contribution in [3.63, 3.8) is 0 Å². The molecule has 0 aliphatic rings. The van der Waals surface area contributed by atoms with Crippen LogP contribution < -0.4 is 4.74 Å². The van der Waals surface area contributed by atoms with Gasteiger partial charge in [0.15, 0.2) is 0 Å². The third kappa shape index (κ3) is 2.70. The van der Waals surface area contributed by atoms with Crippen molar-refractivity contribution in [1.82, 2.24) is 0 Å². The summed E-state index contributed by atoms with van der Waals surface area (Å²) in [7, 11) is 1.61. The predicted octanol–water partition coefficient (Wildman–Crippen LogP) is 2.27. The monoisotopic (exact) mass is 244 g/mol. The van der Waals surface area contributed by atoms with Crippen LogP contribution in [0.1, 0.15) is 22.8 Å². The van der Waals surface area contributed by atoms with Gasteiger partial charge in [-0.1, -0.05) is 36.4 Å². The van der Waals surface area contributed by atoms with E-state index in [1.165, 1.54) is 0 Å². The minimum absolute atomic E-state index is 0.0128. The quantitative estimate of drug-likeness (QED) is 0.867. The first-order valence-corrected chi connectivity index (χ1v) is 5.76. The Kier molecular flexibility index (Phi) is 3.97. The number of hydrogen-bond donors (Lipinski definition) is 2. The second-order valence-electron chi connectivity index (χ2n) is 4.08. The maximum atomic E-state index is 10.2. The Labute approximate surface area is 106 Å². The predicted molar refractivity (Wildman–Crippen MR) is 69.4 cm³/mol. The van der Waals surface area contributed by atoms with Gasteiger partial charge in [0.25, 0.3) is 0 Å². The molecule has 3 heteroatoms. The van der Waals surface area contributed by atoms with E-state index in [2.05, 4.69) is 0 Å². The number of aliphatic hydroxyl groups excluding tert-OH is 2. The van der Waals surface area contributed by atoms with E-state index in [1.54, 1.807) is 7.11 Å². The zero-order valence-electron chi connectivity index (χ0n) is 10.2. The Morgan fingerprint density at radius 2 is 1.44 bits per heavy atom. The third-order valence-corrected chi connectivity index (χ3v) is 2.91. The molecule has 0 saturated heterocycles. The summed E-state index contributed by atoms with van der Waals surface area (Å²) in [6.07, 6.45) is -0.663. The molecular formula is C15H16O3. The summed E-state index contributed by atoms with van der Waals surface area (Å²) in [5.74, 6) is 0.765. The topological polar surface area (TPSA) is 49.7 Å². The zero-order valence-corrected chi connectivity index (χ0v) is 10.2. The van der Waals surface area contributed by atoms with Crippen LogP contribution in [0.2, 0.25) is 0 Å². The summed E-state index contributed by atoms with van der Waals surface area (Å²) >= 11 is 0. The van der Waals surface area contributed by atoms with Crippen molar-refractivity contribution in [1.29, 1.82) is 0 Å². The van der Waals surface area contributed by atoms with Gasteiger partial charge in [0.2, 0.25) is 0 Å². The highest BCUT2D eigenvalue weighted by molar-refractivity contribution is 5.35. The molecule has 2 aromatic carbocycles. The fourth-order valence-electron chi connectivity index (χ4n) is 1.78. The molecule has 0 heterocycles. The van der Waals surface area contributed by atoms with Crippen LogP contribution in [0.15, 0.2) is 48.5 Å². The van der Waals surface area contributed by atoms with Gasteiger partial charge in [-0.15, -0.1) is 0 Å². The van der Waals surface area contributed by atoms with Crippen molar-refractivity contribution >= 4 is 0 Å². The molecule has 0 amide bonds. The molecule has 3 nitrogen and oxygen atoms in total. The molecule has 1 unspecified atom stereocenters. The van der Waals surface area contributed by atoms with E-state index in [0.717, 1.165) is 22.4 Å². The van der Waals surface area contributed by atoms with Gasteiger partial charge in [0.1, 0.15) is 11.9 Å². The molecule has 1 atom stereocenters. The molecule has 94 valence electrons. The summed E-state index contributed by atoms with van der Waals surface area (Å²) in [5, 5.41) is 19.2. The third-order valence-electron chi connectivity index (χ3n) is 2.91. The average molecular weight is 244 g/mol. The Morgan fingerprint density at radius 3 is 1.89 bits per heavy atom. The number of hydrogen-bond acceptors (Lipinski definition) is 3. The van der Waals surface area contributed by atoms with Crippen molar-refractivity contribution in [2.75, 3.05) is 7.11 Å². The molecule has 2 rings (SSSR count). The van der Waals surface area contributed by atoms with Gasteiger partial charge in [-0.2, -0.15) is 0 Å². The van der Waals surface area contributed by atoms with Gasteiger partial charge in [-0.05, 0) is 28.8 Å². The van der Waals surface area contributed by atoms with E-state index >= 15 is 0 Å². The Bertz CT molecular complexity index is 441. The summed E-state index contributed by atoms with van der Waals surface area (Å²) in [6, 6.07) is 14.6. The smallest absolute Gasteiger partial charge is 0.118 e. The Morgan fingerprint density at radius 1 is 0.944 bits per heavy atom. The lowest BCUT2D eigenvalue weighted by atomic mass is 10.0. The largest absolute Gasteiger partial charge is 0.497 e. The summed E-state index contributed by atoms with van der Waals surface area (Å²) in [6.45, 7) is 0.0128. The molecule has 0 spiro atoms. The summed E-state index contributed by atoms with van der Waals surface area (Å²) < 4.78 is 5.08. The maximum absolute atomic E-state index is 10.2. The SMILES string of the molecule is COc1ccc(C(O)c2ccc(CO)cc2)cc1. The van der Waals surface area contributed by atoms with E-state index in [-0.39, 0.29) is 6.61 Å². The van der Waals surface area contributed by atoms with Gasteiger partial charge >= 0.3 is 0 Å². The average Bonchev–Trinajstić information content (AvgIpc) is 2.47. The lowest BCUT2D eigenvalue weighted by Gasteiger charge is -2.12. The number of benzene rings is 2. The van der Waals surface area contributed by atoms with Gasteiger partial charge in [-0.25, -0.2) is 0 Å². The molecule has 0 radical (unpaired) electrons. The van der Waals surface area contributed by atoms with Gasteiger partial charge < -0.3 is 14.9 Å². The van der Waals surface area contributed by atoms with Crippen LogP contribution in [0, 0.1) is 0 Å². The van der Waals surface area contributed by atoms with Crippen molar-refractivity contribution in [2.45, 2.75) is 12.7 Å². The summed E-state index contributed by atoms with van der Waals surface area (Å²) in [5.41, 5.74) is 2.45. The second-order valence-corrected chi connectivity index (χ2v) is 4.08. The molecule has 0 bridgehead atoms. The highest BCUT2D eigenvalue weighted by Gasteiger charge is 2.10. The van der Waals surface area contributed by atoms with Crippen LogP contribution in [0.3, 0.4) is 0 Å². The van der Waals surface area contributed by atoms with Crippen molar-refractivity contribution in [3.8, 4) is 5.75 Å². The van der Waals surface area contributed by atoms with Crippen molar-refractivity contribution in [3.05, 3.63) is 65.2 Å². The number of aliphatic hydroxyl groups is 2. The maximum Gasteiger partial charge on any atom is 0.118 e. The van der Waals surface area contributed by atoms with E-state index in [1.807, 2.05) is 48.5 Å². The lowest BCUT2D eigenvalue weighted by Crippen LogP contribution is -1.99. The molecule has 0 aromatic heterocycles. The normalized spacial score (nSPS) is 12.2. The fourth-order valence-corrected chi connectivity index (χ4v) is 1.78. The van der Waals surface area contributed by atoms with E-state index in [0.29, 0.717) is 0 Å². The highest BCUT2D eigenvalue weighted by atomic mass is 16.5. The molecule has 0 aliphatic heterocycles. The molecule has 0 aliphatic carbocycles. The number of methoxy groups -OCH3 is 1. The first kappa shape index (κ1) is 12.6. The van der Waals surface area contributed by atoms with Crippen LogP contribution in [0.4, 0.5) is 0 Å². The Hall–Kier alpha value is -1.84. The molecule has 2 N–H and O–H groups in total. The highest BCUT2D eigenvalue weighted by Crippen LogP contribution is 2.24. The van der Waals surface area contributed by atoms with Crippen LogP contribution in [-0.2, 0) is 6.61 Å². The molecular weight excluding hydrogens is 228 g/mol. The minimum atomic E-state index is -0.663. The molecule has 2 aromatic rings. The minimum Gasteiger partial charge on any atom is -0.497 e. The number of rotatable bonds is 4. The standard InChI is InChI=1S/C15H16O3/c1-18-14-8-6-13(7-9-14)15(17)12-4-2-11(10-16)3-5-12/h2-9,15-17H,10H2,1H3. The van der Waals surface area contributed by atoms with Gasteiger partial charge in [-0.3, -0.25) is 0 Å². The Balaban J connectivity index is 2.20. The van der Waals surface area contributed by atoms with E-state index < -0.39 is 6.10 Å². The van der Waals surface area contributed by atoms with Crippen LogP contribution in [0.5, 0.6) is 5.75 Å². The fraction of sp³-hybridized carbons (Fsp3) is 0.200. The van der Waals surface area contributed by atoms with Crippen molar-refractivity contribution in [2.24, 2.45) is 0 Å². The van der Waals surface area contributed by atoms with Crippen LogP contribution in [0.25, 0.3) is 0 Å². The van der Waals surface area contributed by atoms with Crippen LogP contribution in [-0.4, -0.2) is 17.3 Å². The lowest BCUT2D eigenvalue weighted by molar-refractivity contribution is 0.220. The first-order chi connectivity index (χ1) is 8.74. The molecule has 0 saturated carbocycles. The van der Waals surface area contributed by atoms with Crippen LogP contribution >= 0.6 is 0 Å². The van der Waals surface area contributed by atoms with E-state index in [4.69, 9.17) is 9.84 Å². The summed E-state index contributed by atoms with van der Waals surface area (Å²) in [4.78, 5) is 0. The number of ether oxygens (including phenoxy) is 1. The van der Waals surface area contributed by atoms with E-state index in [9.17, 15) is 5.11 Å². The first-order valence-electron chi connectivity index (χ1n) is 5.76. The zero-order chi connectivity index (χ0) is 13.0. The molecule has 0 fully saturated rings. The second kappa shape index (κ2) is 5.67. The van der Waals surface area contributed by atoms with Gasteiger partial charge in [0.05, 0.1) is 13.7 Å².